The SMILES string of the molecule is CN=C(NO)C1CCCCCCCCC1. The summed E-state index contributed by atoms with van der Waals surface area (Å²) in [6, 6.07) is 0. The fourth-order valence-electron chi connectivity index (χ4n) is 2.41. The smallest absolute Gasteiger partial charge is 0.123 e. The molecule has 1 rings (SSSR count). The van der Waals surface area contributed by atoms with Crippen molar-refractivity contribution in [3.05, 3.63) is 0 Å². The maximum absolute atomic E-state index is 8.99. The van der Waals surface area contributed by atoms with Gasteiger partial charge in [0.05, 0.1) is 0 Å². The second-order valence-corrected chi connectivity index (χ2v) is 4.47. The monoisotopic (exact) mass is 212 g/mol. The topological polar surface area (TPSA) is 44.6 Å². The molecule has 0 aromatic carbocycles. The molecule has 0 heterocycles. The van der Waals surface area contributed by atoms with Gasteiger partial charge in [0.25, 0.3) is 0 Å². The van der Waals surface area contributed by atoms with Crippen LogP contribution in [0.15, 0.2) is 4.99 Å². The highest BCUT2D eigenvalue weighted by molar-refractivity contribution is 5.83. The van der Waals surface area contributed by atoms with E-state index in [0.29, 0.717) is 5.92 Å². The zero-order valence-corrected chi connectivity index (χ0v) is 9.84. The molecule has 0 radical (unpaired) electrons. The molecule has 0 aromatic rings. The van der Waals surface area contributed by atoms with E-state index in [1.165, 1.54) is 57.8 Å². The van der Waals surface area contributed by atoms with Crippen LogP contribution in [-0.4, -0.2) is 18.1 Å². The minimum Gasteiger partial charge on any atom is -0.290 e. The van der Waals surface area contributed by atoms with Crippen molar-refractivity contribution in [1.82, 2.24) is 5.48 Å². The Labute approximate surface area is 92.9 Å². The molecule has 0 spiro atoms. The average Bonchev–Trinajstić information content (AvgIpc) is 2.28. The van der Waals surface area contributed by atoms with Gasteiger partial charge in [0.2, 0.25) is 0 Å². The highest BCUT2D eigenvalue weighted by Gasteiger charge is 2.15. The molecular formula is C12H24N2O. The highest BCUT2D eigenvalue weighted by atomic mass is 16.5. The molecule has 0 aromatic heterocycles. The zero-order chi connectivity index (χ0) is 10.9. The fourth-order valence-corrected chi connectivity index (χ4v) is 2.41. The normalized spacial score (nSPS) is 22.4. The summed E-state index contributed by atoms with van der Waals surface area (Å²) < 4.78 is 0. The molecule has 0 unspecified atom stereocenters. The van der Waals surface area contributed by atoms with Crippen molar-refractivity contribution in [3.63, 3.8) is 0 Å². The summed E-state index contributed by atoms with van der Waals surface area (Å²) >= 11 is 0. The molecule has 3 nitrogen and oxygen atoms in total. The summed E-state index contributed by atoms with van der Waals surface area (Å²) in [6.45, 7) is 0. The Morgan fingerprint density at radius 3 is 1.87 bits per heavy atom. The van der Waals surface area contributed by atoms with Gasteiger partial charge in [-0.15, -0.1) is 0 Å². The van der Waals surface area contributed by atoms with Gasteiger partial charge in [-0.25, -0.2) is 0 Å². The minimum atomic E-state index is 0.443. The Morgan fingerprint density at radius 1 is 1.00 bits per heavy atom. The van der Waals surface area contributed by atoms with Crippen molar-refractivity contribution < 1.29 is 5.21 Å². The summed E-state index contributed by atoms with van der Waals surface area (Å²) in [4.78, 5) is 4.11. The Bertz CT molecular complexity index is 182. The molecule has 0 atom stereocenters. The van der Waals surface area contributed by atoms with E-state index < -0.39 is 0 Å². The van der Waals surface area contributed by atoms with Crippen molar-refractivity contribution in [2.45, 2.75) is 57.8 Å². The first-order chi connectivity index (χ1) is 7.38. The summed E-state index contributed by atoms with van der Waals surface area (Å²) in [7, 11) is 1.75. The third kappa shape index (κ3) is 4.65. The number of hydrogen-bond acceptors (Lipinski definition) is 2. The maximum atomic E-state index is 8.99. The number of nitrogens with zero attached hydrogens (tertiary/aromatic N) is 1. The molecular weight excluding hydrogens is 188 g/mol. The lowest BCUT2D eigenvalue weighted by Crippen LogP contribution is -2.28. The lowest BCUT2D eigenvalue weighted by Gasteiger charge is -2.19. The maximum Gasteiger partial charge on any atom is 0.123 e. The molecule has 0 saturated heterocycles. The van der Waals surface area contributed by atoms with Gasteiger partial charge in [0, 0.05) is 13.0 Å². The standard InChI is InChI=1S/C12H24N2O/c1-13-12(14-15)11-9-7-5-3-2-4-6-8-10-11/h11,15H,2-10H2,1H3,(H,13,14). The van der Waals surface area contributed by atoms with Gasteiger partial charge < -0.3 is 0 Å². The molecule has 1 aliphatic carbocycles. The lowest BCUT2D eigenvalue weighted by atomic mass is 9.91. The zero-order valence-electron chi connectivity index (χ0n) is 9.84. The van der Waals surface area contributed by atoms with Gasteiger partial charge in [-0.05, 0) is 12.8 Å². The summed E-state index contributed by atoms with van der Waals surface area (Å²) in [5, 5.41) is 8.99. The molecule has 88 valence electrons. The average molecular weight is 212 g/mol. The van der Waals surface area contributed by atoms with Crippen molar-refractivity contribution >= 4 is 5.84 Å². The van der Waals surface area contributed by atoms with Gasteiger partial charge in [0.1, 0.15) is 5.84 Å². The van der Waals surface area contributed by atoms with Crippen LogP contribution in [0.4, 0.5) is 0 Å². The molecule has 1 fully saturated rings. The second kappa shape index (κ2) is 7.69. The van der Waals surface area contributed by atoms with Gasteiger partial charge in [-0.1, -0.05) is 44.9 Å². The Kier molecular flexibility index (Phi) is 6.41. The second-order valence-electron chi connectivity index (χ2n) is 4.47. The quantitative estimate of drug-likeness (QED) is 0.398. The first-order valence-electron chi connectivity index (χ1n) is 6.25. The van der Waals surface area contributed by atoms with E-state index in [4.69, 9.17) is 5.21 Å². The van der Waals surface area contributed by atoms with Crippen LogP contribution in [0.2, 0.25) is 0 Å². The third-order valence-electron chi connectivity index (χ3n) is 3.35. The Morgan fingerprint density at radius 2 is 1.47 bits per heavy atom. The summed E-state index contributed by atoms with van der Waals surface area (Å²) in [5.41, 5.74) is 2.26. The van der Waals surface area contributed by atoms with Gasteiger partial charge in [0.15, 0.2) is 0 Å². The molecule has 15 heavy (non-hydrogen) atoms. The van der Waals surface area contributed by atoms with Crippen LogP contribution in [-0.2, 0) is 0 Å². The van der Waals surface area contributed by atoms with E-state index in [0.717, 1.165) is 5.84 Å². The molecule has 0 bridgehead atoms. The van der Waals surface area contributed by atoms with Gasteiger partial charge in [-0.3, -0.25) is 15.7 Å². The van der Waals surface area contributed by atoms with E-state index in [1.807, 2.05) is 0 Å². The van der Waals surface area contributed by atoms with Crippen molar-refractivity contribution in [3.8, 4) is 0 Å². The van der Waals surface area contributed by atoms with Crippen LogP contribution in [0.3, 0.4) is 0 Å². The number of hydroxylamine groups is 1. The van der Waals surface area contributed by atoms with Crippen LogP contribution in [0.25, 0.3) is 0 Å². The molecule has 0 amide bonds. The van der Waals surface area contributed by atoms with Crippen LogP contribution >= 0.6 is 0 Å². The summed E-state index contributed by atoms with van der Waals surface area (Å²) in [6.07, 6.45) is 11.7. The van der Waals surface area contributed by atoms with E-state index in [9.17, 15) is 0 Å². The van der Waals surface area contributed by atoms with E-state index >= 15 is 0 Å². The van der Waals surface area contributed by atoms with E-state index in [2.05, 4.69) is 10.5 Å². The predicted octanol–water partition coefficient (Wildman–Crippen LogP) is 3.13. The molecule has 3 heteroatoms. The number of nitrogens with one attached hydrogen (secondary N) is 1. The van der Waals surface area contributed by atoms with Crippen LogP contribution in [0.1, 0.15) is 57.8 Å². The Hall–Kier alpha value is -0.570. The van der Waals surface area contributed by atoms with Crippen molar-refractivity contribution in [1.29, 1.82) is 0 Å². The molecule has 1 saturated carbocycles. The molecule has 2 N–H and O–H groups in total. The van der Waals surface area contributed by atoms with E-state index in [1.54, 1.807) is 7.05 Å². The van der Waals surface area contributed by atoms with Crippen LogP contribution in [0.5, 0.6) is 0 Å². The summed E-state index contributed by atoms with van der Waals surface area (Å²) in [5.74, 6) is 1.22. The van der Waals surface area contributed by atoms with Crippen LogP contribution < -0.4 is 5.48 Å². The van der Waals surface area contributed by atoms with Crippen LogP contribution in [0, 0.1) is 5.92 Å². The van der Waals surface area contributed by atoms with Crippen molar-refractivity contribution in [2.24, 2.45) is 10.9 Å². The number of amidine groups is 1. The van der Waals surface area contributed by atoms with Gasteiger partial charge in [-0.2, -0.15) is 0 Å². The van der Waals surface area contributed by atoms with Crippen molar-refractivity contribution in [2.75, 3.05) is 7.05 Å². The highest BCUT2D eigenvalue weighted by Crippen LogP contribution is 2.21. The molecule has 0 aliphatic heterocycles. The first kappa shape index (κ1) is 12.5. The molecule has 1 aliphatic rings. The lowest BCUT2D eigenvalue weighted by molar-refractivity contribution is 0.224. The fraction of sp³-hybridized carbons (Fsp3) is 0.917. The first-order valence-corrected chi connectivity index (χ1v) is 6.25. The minimum absolute atomic E-state index is 0.443. The third-order valence-corrected chi connectivity index (χ3v) is 3.35. The Balaban J connectivity index is 2.44. The predicted molar refractivity (Wildman–Crippen MR) is 63.3 cm³/mol. The number of aliphatic imine (C=N–C) groups is 1. The largest absolute Gasteiger partial charge is 0.290 e. The number of hydrogen-bond donors (Lipinski definition) is 2. The number of rotatable bonds is 1. The van der Waals surface area contributed by atoms with Gasteiger partial charge >= 0.3 is 0 Å². The van der Waals surface area contributed by atoms with E-state index in [-0.39, 0.29) is 0 Å².